The van der Waals surface area contributed by atoms with Crippen molar-refractivity contribution in [1.82, 2.24) is 4.98 Å². The molecule has 1 heterocycles. The first-order valence-electron chi connectivity index (χ1n) is 3.56. The minimum Gasteiger partial charge on any atom is -0.506 e. The number of aromatic hydroxyl groups is 1. The molecule has 1 rings (SSSR count). The topological polar surface area (TPSA) is 68.4 Å². The Bertz CT molecular complexity index is 327. The van der Waals surface area contributed by atoms with E-state index in [9.17, 15) is 13.2 Å². The van der Waals surface area contributed by atoms with Gasteiger partial charge in [0.15, 0.2) is 0 Å². The number of ether oxygens (including phenoxy) is 1. The van der Waals surface area contributed by atoms with Crippen LogP contribution in [0.15, 0.2) is 12.3 Å². The highest BCUT2D eigenvalue weighted by atomic mass is 19.4. The van der Waals surface area contributed by atoms with E-state index in [1.54, 1.807) is 0 Å². The summed E-state index contributed by atoms with van der Waals surface area (Å²) in [4.78, 5) is 3.26. The second-order valence-corrected chi connectivity index (χ2v) is 2.41. The minimum atomic E-state index is -4.81. The van der Waals surface area contributed by atoms with Crippen LogP contribution in [-0.2, 0) is 6.54 Å². The first-order chi connectivity index (χ1) is 6.42. The van der Waals surface area contributed by atoms with Crippen LogP contribution >= 0.6 is 0 Å². The van der Waals surface area contributed by atoms with Gasteiger partial charge in [-0.3, -0.25) is 0 Å². The molecule has 0 radical (unpaired) electrons. The van der Waals surface area contributed by atoms with Crippen LogP contribution < -0.4 is 10.5 Å². The van der Waals surface area contributed by atoms with Crippen LogP contribution in [0.1, 0.15) is 5.56 Å². The summed E-state index contributed by atoms with van der Waals surface area (Å²) in [5.74, 6) is -0.905. The fourth-order valence-corrected chi connectivity index (χ4v) is 0.833. The maximum absolute atomic E-state index is 11.8. The van der Waals surface area contributed by atoms with E-state index in [0.29, 0.717) is 0 Å². The Balaban J connectivity index is 2.97. The highest BCUT2D eigenvalue weighted by molar-refractivity contribution is 5.32. The molecule has 0 unspecified atom stereocenters. The van der Waals surface area contributed by atoms with Crippen molar-refractivity contribution in [2.45, 2.75) is 12.9 Å². The molecule has 0 aliphatic carbocycles. The van der Waals surface area contributed by atoms with Gasteiger partial charge in [0.25, 0.3) is 0 Å². The van der Waals surface area contributed by atoms with E-state index in [2.05, 4.69) is 9.72 Å². The van der Waals surface area contributed by atoms with Gasteiger partial charge in [-0.2, -0.15) is 0 Å². The number of hydrogen-bond acceptors (Lipinski definition) is 4. The van der Waals surface area contributed by atoms with E-state index in [1.165, 1.54) is 0 Å². The highest BCUT2D eigenvalue weighted by Crippen LogP contribution is 2.25. The summed E-state index contributed by atoms with van der Waals surface area (Å²) in [5, 5.41) is 8.91. The first kappa shape index (κ1) is 10.6. The Morgan fingerprint density at radius 3 is 2.64 bits per heavy atom. The molecule has 14 heavy (non-hydrogen) atoms. The van der Waals surface area contributed by atoms with Crippen molar-refractivity contribution in [3.63, 3.8) is 0 Å². The van der Waals surface area contributed by atoms with Crippen LogP contribution in [0.2, 0.25) is 0 Å². The minimum absolute atomic E-state index is 0.0117. The molecule has 0 aliphatic heterocycles. The van der Waals surface area contributed by atoms with Crippen LogP contribution in [0.25, 0.3) is 0 Å². The number of rotatable bonds is 2. The van der Waals surface area contributed by atoms with Crippen molar-refractivity contribution >= 4 is 0 Å². The van der Waals surface area contributed by atoms with Gasteiger partial charge in [-0.05, 0) is 6.07 Å². The Hall–Kier alpha value is -1.50. The molecule has 3 N–H and O–H groups in total. The Labute approximate surface area is 77.1 Å². The van der Waals surface area contributed by atoms with Gasteiger partial charge in [-0.1, -0.05) is 0 Å². The molecule has 1 aromatic heterocycles. The molecular weight excluding hydrogens is 201 g/mol. The van der Waals surface area contributed by atoms with Gasteiger partial charge in [-0.25, -0.2) is 4.98 Å². The quantitative estimate of drug-likeness (QED) is 0.764. The SMILES string of the molecule is NCc1cc(O)cnc1OC(F)(F)F. The summed E-state index contributed by atoms with van der Waals surface area (Å²) < 4.78 is 39.0. The average Bonchev–Trinajstić information content (AvgIpc) is 2.06. The zero-order valence-corrected chi connectivity index (χ0v) is 6.88. The van der Waals surface area contributed by atoms with Gasteiger partial charge in [0.2, 0.25) is 5.88 Å². The normalized spacial score (nSPS) is 11.4. The summed E-state index contributed by atoms with van der Waals surface area (Å²) in [6, 6.07) is 1.06. The zero-order valence-electron chi connectivity index (χ0n) is 6.88. The van der Waals surface area contributed by atoms with Crippen LogP contribution in [-0.4, -0.2) is 16.5 Å². The van der Waals surface area contributed by atoms with Crippen molar-refractivity contribution < 1.29 is 23.0 Å². The van der Waals surface area contributed by atoms with Crippen molar-refractivity contribution in [2.24, 2.45) is 5.73 Å². The van der Waals surface area contributed by atoms with Crippen LogP contribution in [0.5, 0.6) is 11.6 Å². The smallest absolute Gasteiger partial charge is 0.506 e. The molecule has 4 nitrogen and oxygen atoms in total. The summed E-state index contributed by atoms with van der Waals surface area (Å²) in [7, 11) is 0. The molecule has 0 atom stereocenters. The summed E-state index contributed by atoms with van der Waals surface area (Å²) in [6.45, 7) is -0.202. The van der Waals surface area contributed by atoms with Gasteiger partial charge < -0.3 is 15.6 Å². The van der Waals surface area contributed by atoms with Crippen LogP contribution in [0, 0.1) is 0 Å². The third kappa shape index (κ3) is 2.77. The monoisotopic (exact) mass is 208 g/mol. The van der Waals surface area contributed by atoms with Crippen molar-refractivity contribution in [2.75, 3.05) is 0 Å². The molecule has 0 bridgehead atoms. The molecule has 1 aromatic rings. The lowest BCUT2D eigenvalue weighted by atomic mass is 10.2. The van der Waals surface area contributed by atoms with E-state index in [0.717, 1.165) is 12.3 Å². The molecule has 0 saturated heterocycles. The van der Waals surface area contributed by atoms with Gasteiger partial charge in [0.1, 0.15) is 5.75 Å². The number of nitrogens with zero attached hydrogens (tertiary/aromatic N) is 1. The fraction of sp³-hybridized carbons (Fsp3) is 0.286. The average molecular weight is 208 g/mol. The van der Waals surface area contributed by atoms with Gasteiger partial charge in [0, 0.05) is 12.1 Å². The summed E-state index contributed by atoms with van der Waals surface area (Å²) >= 11 is 0. The van der Waals surface area contributed by atoms with Crippen LogP contribution in [0.4, 0.5) is 13.2 Å². The number of aromatic nitrogens is 1. The molecule has 0 aromatic carbocycles. The molecule has 78 valence electrons. The predicted molar refractivity (Wildman–Crippen MR) is 40.5 cm³/mol. The van der Waals surface area contributed by atoms with Crippen molar-refractivity contribution in [3.8, 4) is 11.6 Å². The maximum Gasteiger partial charge on any atom is 0.574 e. The lowest BCUT2D eigenvalue weighted by molar-refractivity contribution is -0.276. The number of halogens is 3. The largest absolute Gasteiger partial charge is 0.574 e. The molecule has 0 aliphatic rings. The standard InChI is InChI=1S/C7H7F3N2O2/c8-7(9,10)14-6-4(2-11)1-5(13)3-12-6/h1,3,13H,2,11H2. The van der Waals surface area contributed by atoms with Gasteiger partial charge >= 0.3 is 6.36 Å². The molecule has 0 fully saturated rings. The second kappa shape index (κ2) is 3.70. The first-order valence-corrected chi connectivity index (χ1v) is 3.56. The zero-order chi connectivity index (χ0) is 10.8. The Morgan fingerprint density at radius 2 is 2.14 bits per heavy atom. The van der Waals surface area contributed by atoms with Crippen molar-refractivity contribution in [3.05, 3.63) is 17.8 Å². The molecule has 7 heteroatoms. The number of hydrogen-bond donors (Lipinski definition) is 2. The van der Waals surface area contributed by atoms with Crippen LogP contribution in [0.3, 0.4) is 0 Å². The third-order valence-electron chi connectivity index (χ3n) is 1.34. The summed E-state index contributed by atoms with van der Waals surface area (Å²) in [6.07, 6.45) is -3.96. The van der Waals surface area contributed by atoms with E-state index in [4.69, 9.17) is 10.8 Å². The van der Waals surface area contributed by atoms with Crippen molar-refractivity contribution in [1.29, 1.82) is 0 Å². The second-order valence-electron chi connectivity index (χ2n) is 2.41. The molecule has 0 saturated carbocycles. The lowest BCUT2D eigenvalue weighted by Gasteiger charge is -2.10. The maximum atomic E-state index is 11.8. The molecule has 0 amide bonds. The number of pyridine rings is 1. The fourth-order valence-electron chi connectivity index (χ4n) is 0.833. The molecule has 0 spiro atoms. The van der Waals surface area contributed by atoms with E-state index < -0.39 is 12.2 Å². The van der Waals surface area contributed by atoms with Gasteiger partial charge in [0.05, 0.1) is 6.20 Å². The third-order valence-corrected chi connectivity index (χ3v) is 1.34. The number of alkyl halides is 3. The van der Waals surface area contributed by atoms with E-state index >= 15 is 0 Å². The Kier molecular flexibility index (Phi) is 2.80. The van der Waals surface area contributed by atoms with Gasteiger partial charge in [-0.15, -0.1) is 13.2 Å². The Morgan fingerprint density at radius 1 is 1.50 bits per heavy atom. The highest BCUT2D eigenvalue weighted by Gasteiger charge is 2.32. The summed E-state index contributed by atoms with van der Waals surface area (Å²) in [5.41, 5.74) is 5.13. The number of nitrogens with two attached hydrogens (primary N) is 1. The molecular formula is C7H7F3N2O2. The van der Waals surface area contributed by atoms with E-state index in [1.807, 2.05) is 0 Å². The lowest BCUT2D eigenvalue weighted by Crippen LogP contribution is -2.19. The van der Waals surface area contributed by atoms with E-state index in [-0.39, 0.29) is 17.9 Å². The predicted octanol–water partition coefficient (Wildman–Crippen LogP) is 1.14.